The fourth-order valence-electron chi connectivity index (χ4n) is 2.99. The fraction of sp³-hybridized carbons (Fsp3) is 0.368. The van der Waals surface area contributed by atoms with Crippen molar-refractivity contribution in [3.8, 4) is 22.6 Å². The molecule has 7 heteroatoms. The number of carboxylic acid groups (broad SMARTS) is 1. The van der Waals surface area contributed by atoms with Crippen LogP contribution in [0, 0.1) is 5.92 Å². The molecule has 26 heavy (non-hydrogen) atoms. The lowest BCUT2D eigenvalue weighted by molar-refractivity contribution is 0.209. The minimum atomic E-state index is -1.15. The first-order valence-electron chi connectivity index (χ1n) is 8.57. The minimum Gasteiger partial charge on any atom is -0.492 e. The molecule has 1 aromatic carbocycles. The number of carbonyl (C=O) groups is 1. The lowest BCUT2D eigenvalue weighted by Gasteiger charge is -2.22. The van der Waals surface area contributed by atoms with E-state index in [0.29, 0.717) is 30.6 Å². The number of rotatable bonds is 6. The maximum Gasteiger partial charge on any atom is 0.410 e. The maximum absolute atomic E-state index is 10.8. The molecule has 0 saturated carbocycles. The highest BCUT2D eigenvalue weighted by atomic mass is 16.5. The van der Waals surface area contributed by atoms with E-state index in [1.54, 1.807) is 12.3 Å². The molecule has 2 heterocycles. The summed E-state index contributed by atoms with van der Waals surface area (Å²) >= 11 is 0. The Labute approximate surface area is 152 Å². The molecule has 138 valence electrons. The monoisotopic (exact) mass is 357 g/mol. The largest absolute Gasteiger partial charge is 0.492 e. The van der Waals surface area contributed by atoms with Gasteiger partial charge in [0.1, 0.15) is 30.5 Å². The first-order valence-corrected chi connectivity index (χ1v) is 8.57. The number of ether oxygens (including phenoxy) is 2. The van der Waals surface area contributed by atoms with Gasteiger partial charge in [-0.15, -0.1) is 0 Å². The lowest BCUT2D eigenvalue weighted by Crippen LogP contribution is -2.29. The highest BCUT2D eigenvalue weighted by molar-refractivity contribution is 5.84. The van der Waals surface area contributed by atoms with Gasteiger partial charge < -0.3 is 20.3 Å². The van der Waals surface area contributed by atoms with Gasteiger partial charge in [-0.2, -0.15) is 0 Å². The van der Waals surface area contributed by atoms with Gasteiger partial charge in [-0.05, 0) is 36.1 Å². The zero-order valence-electron chi connectivity index (χ0n) is 14.9. The quantitative estimate of drug-likeness (QED) is 0.731. The normalized spacial score (nSPS) is 13.4. The first-order chi connectivity index (χ1) is 12.4. The summed E-state index contributed by atoms with van der Waals surface area (Å²) in [5.74, 6) is 2.20. The van der Waals surface area contributed by atoms with Gasteiger partial charge in [-0.25, -0.2) is 9.78 Å². The maximum atomic E-state index is 10.8. The van der Waals surface area contributed by atoms with Crippen LogP contribution in [0.15, 0.2) is 30.5 Å². The molecule has 1 atom stereocenters. The Kier molecular flexibility index (Phi) is 5.27. The molecule has 0 radical (unpaired) electrons. The summed E-state index contributed by atoms with van der Waals surface area (Å²) < 4.78 is 11.6. The molecular weight excluding hydrogens is 334 g/mol. The van der Waals surface area contributed by atoms with Gasteiger partial charge in [0.15, 0.2) is 0 Å². The summed E-state index contributed by atoms with van der Waals surface area (Å²) in [6.45, 7) is 5.09. The number of pyridine rings is 1. The van der Waals surface area contributed by atoms with Crippen molar-refractivity contribution in [2.24, 2.45) is 11.7 Å². The van der Waals surface area contributed by atoms with Gasteiger partial charge in [0, 0.05) is 29.4 Å². The van der Waals surface area contributed by atoms with E-state index >= 15 is 0 Å². The van der Waals surface area contributed by atoms with Crippen LogP contribution in [0.5, 0.6) is 11.5 Å². The van der Waals surface area contributed by atoms with E-state index in [9.17, 15) is 4.79 Å². The van der Waals surface area contributed by atoms with Crippen molar-refractivity contribution in [1.29, 1.82) is 0 Å². The van der Waals surface area contributed by atoms with Crippen LogP contribution in [0.2, 0.25) is 0 Å². The van der Waals surface area contributed by atoms with Gasteiger partial charge in [-0.3, -0.25) is 5.32 Å². The Balaban J connectivity index is 1.78. The minimum absolute atomic E-state index is 0.0107. The van der Waals surface area contributed by atoms with Crippen LogP contribution in [0.3, 0.4) is 0 Å². The average Bonchev–Trinajstić information content (AvgIpc) is 2.58. The van der Waals surface area contributed by atoms with Crippen molar-refractivity contribution in [1.82, 2.24) is 4.98 Å². The number of nitrogens with zero attached hydrogens (tertiary/aromatic N) is 1. The highest BCUT2D eigenvalue weighted by Gasteiger charge is 2.19. The van der Waals surface area contributed by atoms with Crippen LogP contribution >= 0.6 is 0 Å². The summed E-state index contributed by atoms with van der Waals surface area (Å²) in [5, 5.41) is 11.1. The summed E-state index contributed by atoms with van der Waals surface area (Å²) in [4.78, 5) is 14.9. The summed E-state index contributed by atoms with van der Waals surface area (Å²) in [5.41, 5.74) is 8.74. The third-order valence-electron chi connectivity index (χ3n) is 4.09. The predicted molar refractivity (Wildman–Crippen MR) is 98.6 cm³/mol. The number of benzene rings is 1. The van der Waals surface area contributed by atoms with Crippen molar-refractivity contribution in [3.63, 3.8) is 0 Å². The van der Waals surface area contributed by atoms with Crippen LogP contribution in [0.4, 0.5) is 10.6 Å². The number of hydrogen-bond donors (Lipinski definition) is 3. The number of anilines is 1. The van der Waals surface area contributed by atoms with E-state index in [4.69, 9.17) is 20.3 Å². The number of nitrogens with two attached hydrogens (primary N) is 1. The van der Waals surface area contributed by atoms with Gasteiger partial charge in [0.2, 0.25) is 0 Å². The molecule has 7 nitrogen and oxygen atoms in total. The van der Waals surface area contributed by atoms with Gasteiger partial charge in [0.05, 0.1) is 0 Å². The second-order valence-corrected chi connectivity index (χ2v) is 6.80. The SMILES string of the molecule is CC(C)CC(N)COc1ccc2c(c1)OCc1cnc(NC(=O)O)cc1-2. The zero-order chi connectivity index (χ0) is 18.7. The first kappa shape index (κ1) is 18.0. The van der Waals surface area contributed by atoms with E-state index in [1.807, 2.05) is 18.2 Å². The van der Waals surface area contributed by atoms with Crippen LogP contribution in [-0.2, 0) is 6.61 Å². The summed E-state index contributed by atoms with van der Waals surface area (Å²) in [6.07, 6.45) is 1.38. The van der Waals surface area contributed by atoms with Gasteiger partial charge in [-0.1, -0.05) is 13.8 Å². The number of aromatic nitrogens is 1. The molecule has 4 N–H and O–H groups in total. The molecule has 0 fully saturated rings. The molecule has 3 rings (SSSR count). The number of amides is 1. The Bertz CT molecular complexity index is 807. The van der Waals surface area contributed by atoms with E-state index < -0.39 is 6.09 Å². The molecule has 1 aliphatic heterocycles. The second-order valence-electron chi connectivity index (χ2n) is 6.80. The molecule has 0 spiro atoms. The van der Waals surface area contributed by atoms with Gasteiger partial charge >= 0.3 is 6.09 Å². The molecule has 0 saturated heterocycles. The molecule has 1 aromatic heterocycles. The molecule has 0 bridgehead atoms. The van der Waals surface area contributed by atoms with Crippen LogP contribution in [-0.4, -0.2) is 28.8 Å². The zero-order valence-corrected chi connectivity index (χ0v) is 14.9. The van der Waals surface area contributed by atoms with E-state index in [-0.39, 0.29) is 11.9 Å². The predicted octanol–water partition coefficient (Wildman–Crippen LogP) is 3.48. The Morgan fingerprint density at radius 3 is 2.92 bits per heavy atom. The van der Waals surface area contributed by atoms with E-state index in [1.165, 1.54) is 0 Å². The topological polar surface area (TPSA) is 107 Å². The summed E-state index contributed by atoms with van der Waals surface area (Å²) in [7, 11) is 0. The van der Waals surface area contributed by atoms with Crippen molar-refractivity contribution >= 4 is 11.9 Å². The molecular formula is C19H23N3O4. The number of fused-ring (bicyclic) bond motifs is 3. The molecule has 1 unspecified atom stereocenters. The molecule has 1 aliphatic rings. The standard InChI is InChI=1S/C19H23N3O4/c1-11(2)5-13(20)10-25-14-3-4-15-16-7-18(22-19(23)24)21-8-12(16)9-26-17(15)6-14/h3-4,6-8,11,13H,5,9-10,20H2,1-2H3,(H,21,22)(H,23,24). The fourth-order valence-corrected chi connectivity index (χ4v) is 2.99. The Morgan fingerprint density at radius 1 is 1.38 bits per heavy atom. The molecule has 1 amide bonds. The molecule has 2 aromatic rings. The smallest absolute Gasteiger partial charge is 0.410 e. The third-order valence-corrected chi connectivity index (χ3v) is 4.09. The van der Waals surface area contributed by atoms with Crippen LogP contribution in [0.1, 0.15) is 25.8 Å². The highest BCUT2D eigenvalue weighted by Crippen LogP contribution is 2.40. The second kappa shape index (κ2) is 7.61. The summed E-state index contributed by atoms with van der Waals surface area (Å²) in [6, 6.07) is 7.31. The van der Waals surface area contributed by atoms with Crippen LogP contribution in [0.25, 0.3) is 11.1 Å². The Morgan fingerprint density at radius 2 is 2.19 bits per heavy atom. The number of nitrogens with one attached hydrogen (secondary N) is 1. The lowest BCUT2D eigenvalue weighted by atomic mass is 9.98. The number of hydrogen-bond acceptors (Lipinski definition) is 5. The van der Waals surface area contributed by atoms with Gasteiger partial charge in [0.25, 0.3) is 0 Å². The van der Waals surface area contributed by atoms with Crippen molar-refractivity contribution < 1.29 is 19.4 Å². The van der Waals surface area contributed by atoms with Crippen molar-refractivity contribution in [3.05, 3.63) is 36.0 Å². The molecule has 0 aliphatic carbocycles. The van der Waals surface area contributed by atoms with Crippen molar-refractivity contribution in [2.75, 3.05) is 11.9 Å². The van der Waals surface area contributed by atoms with Crippen molar-refractivity contribution in [2.45, 2.75) is 32.9 Å². The van der Waals surface area contributed by atoms with E-state index in [2.05, 4.69) is 24.1 Å². The van der Waals surface area contributed by atoms with E-state index in [0.717, 1.165) is 23.1 Å². The third kappa shape index (κ3) is 4.23. The average molecular weight is 357 g/mol. The Hall–Kier alpha value is -2.80. The van der Waals surface area contributed by atoms with Crippen LogP contribution < -0.4 is 20.5 Å².